The SMILES string of the molecule is NC1(Cc2nn3c(C4CC4)nnc3s2)CCCC1. The molecule has 0 aromatic carbocycles. The lowest BCUT2D eigenvalue weighted by molar-refractivity contribution is 0.433. The third kappa shape index (κ3) is 1.75. The fourth-order valence-electron chi connectivity index (χ4n) is 2.90. The molecule has 5 nitrogen and oxygen atoms in total. The first-order valence-electron chi connectivity index (χ1n) is 6.73. The predicted molar refractivity (Wildman–Crippen MR) is 69.7 cm³/mol. The van der Waals surface area contributed by atoms with Crippen molar-refractivity contribution < 1.29 is 0 Å². The summed E-state index contributed by atoms with van der Waals surface area (Å²) in [6.45, 7) is 0. The molecule has 2 saturated carbocycles. The van der Waals surface area contributed by atoms with Gasteiger partial charge in [0.25, 0.3) is 0 Å². The second-order valence-corrected chi connectivity index (χ2v) is 6.81. The van der Waals surface area contributed by atoms with Crippen LogP contribution in [0.15, 0.2) is 0 Å². The zero-order chi connectivity index (χ0) is 12.2. The monoisotopic (exact) mass is 263 g/mol. The first-order chi connectivity index (χ1) is 8.73. The van der Waals surface area contributed by atoms with Gasteiger partial charge < -0.3 is 5.73 Å². The largest absolute Gasteiger partial charge is 0.325 e. The Hall–Kier alpha value is -1.01. The normalized spacial score (nSPS) is 22.9. The van der Waals surface area contributed by atoms with Crippen molar-refractivity contribution in [1.29, 1.82) is 0 Å². The van der Waals surface area contributed by atoms with Gasteiger partial charge in [-0.05, 0) is 25.7 Å². The zero-order valence-corrected chi connectivity index (χ0v) is 11.1. The van der Waals surface area contributed by atoms with Gasteiger partial charge in [-0.2, -0.15) is 9.61 Å². The third-order valence-corrected chi connectivity index (χ3v) is 5.00. The van der Waals surface area contributed by atoms with Crippen LogP contribution in [0.5, 0.6) is 0 Å². The van der Waals surface area contributed by atoms with Gasteiger partial charge in [0.1, 0.15) is 5.01 Å². The molecule has 2 heterocycles. The predicted octanol–water partition coefficient (Wildman–Crippen LogP) is 1.88. The number of hydrogen-bond donors (Lipinski definition) is 1. The highest BCUT2D eigenvalue weighted by Crippen LogP contribution is 2.39. The first-order valence-corrected chi connectivity index (χ1v) is 7.55. The van der Waals surface area contributed by atoms with Crippen molar-refractivity contribution in [2.45, 2.75) is 56.4 Å². The molecule has 2 aromatic rings. The van der Waals surface area contributed by atoms with Gasteiger partial charge in [-0.15, -0.1) is 10.2 Å². The summed E-state index contributed by atoms with van der Waals surface area (Å²) in [6, 6.07) is 0. The molecule has 4 rings (SSSR count). The molecule has 2 N–H and O–H groups in total. The van der Waals surface area contributed by atoms with Crippen molar-refractivity contribution in [1.82, 2.24) is 19.8 Å². The van der Waals surface area contributed by atoms with Crippen LogP contribution in [0.1, 0.15) is 55.3 Å². The second kappa shape index (κ2) is 3.74. The molecule has 6 heteroatoms. The highest BCUT2D eigenvalue weighted by Gasteiger charge is 2.33. The van der Waals surface area contributed by atoms with E-state index >= 15 is 0 Å². The van der Waals surface area contributed by atoms with Crippen LogP contribution in [0.4, 0.5) is 0 Å². The van der Waals surface area contributed by atoms with Gasteiger partial charge in [0.2, 0.25) is 4.96 Å². The average Bonchev–Trinajstić information content (AvgIpc) is 2.77. The van der Waals surface area contributed by atoms with Crippen molar-refractivity contribution in [3.63, 3.8) is 0 Å². The molecule has 2 aliphatic carbocycles. The average molecular weight is 263 g/mol. The second-order valence-electron chi connectivity index (χ2n) is 5.77. The van der Waals surface area contributed by atoms with Gasteiger partial charge in [-0.25, -0.2) is 0 Å². The molecular weight excluding hydrogens is 246 g/mol. The van der Waals surface area contributed by atoms with E-state index in [-0.39, 0.29) is 5.54 Å². The van der Waals surface area contributed by atoms with Gasteiger partial charge >= 0.3 is 0 Å². The summed E-state index contributed by atoms with van der Waals surface area (Å²) < 4.78 is 1.94. The van der Waals surface area contributed by atoms with Crippen molar-refractivity contribution in [3.8, 4) is 0 Å². The van der Waals surface area contributed by atoms with E-state index in [1.165, 1.54) is 25.7 Å². The summed E-state index contributed by atoms with van der Waals surface area (Å²) in [7, 11) is 0. The standard InChI is InChI=1S/C12H17N5S/c13-12(5-1-2-6-12)7-9-16-17-10(8-3-4-8)14-15-11(17)18-9/h8H,1-7,13H2. The van der Waals surface area contributed by atoms with E-state index < -0.39 is 0 Å². The lowest BCUT2D eigenvalue weighted by Crippen LogP contribution is -2.38. The Labute approximate surface area is 109 Å². The Morgan fingerprint density at radius 2 is 2.06 bits per heavy atom. The van der Waals surface area contributed by atoms with E-state index in [2.05, 4.69) is 15.3 Å². The maximum atomic E-state index is 6.41. The van der Waals surface area contributed by atoms with Gasteiger partial charge in [0.05, 0.1) is 0 Å². The highest BCUT2D eigenvalue weighted by atomic mass is 32.1. The fraction of sp³-hybridized carbons (Fsp3) is 0.750. The minimum atomic E-state index is -0.0248. The molecule has 0 radical (unpaired) electrons. The van der Waals surface area contributed by atoms with E-state index in [0.717, 1.165) is 35.1 Å². The van der Waals surface area contributed by atoms with Gasteiger partial charge in [-0.3, -0.25) is 0 Å². The number of fused-ring (bicyclic) bond motifs is 1. The molecule has 0 aliphatic heterocycles. The van der Waals surface area contributed by atoms with Crippen LogP contribution in [0.2, 0.25) is 0 Å². The van der Waals surface area contributed by atoms with Crippen LogP contribution in [0.25, 0.3) is 4.96 Å². The van der Waals surface area contributed by atoms with E-state index in [9.17, 15) is 0 Å². The van der Waals surface area contributed by atoms with Crippen LogP contribution in [-0.4, -0.2) is 25.4 Å². The Bertz CT molecular complexity index is 576. The molecule has 0 spiro atoms. The topological polar surface area (TPSA) is 69.1 Å². The van der Waals surface area contributed by atoms with Crippen LogP contribution >= 0.6 is 11.3 Å². The van der Waals surface area contributed by atoms with E-state index in [1.54, 1.807) is 11.3 Å². The lowest BCUT2D eigenvalue weighted by Gasteiger charge is -2.21. The first kappa shape index (κ1) is 10.9. The molecule has 0 bridgehead atoms. The van der Waals surface area contributed by atoms with Crippen molar-refractivity contribution >= 4 is 16.3 Å². The quantitative estimate of drug-likeness (QED) is 0.918. The van der Waals surface area contributed by atoms with E-state index in [0.29, 0.717) is 5.92 Å². The van der Waals surface area contributed by atoms with Crippen LogP contribution < -0.4 is 5.73 Å². The number of nitrogens with zero attached hydrogens (tertiary/aromatic N) is 4. The van der Waals surface area contributed by atoms with Crippen molar-refractivity contribution in [3.05, 3.63) is 10.8 Å². The summed E-state index contributed by atoms with van der Waals surface area (Å²) in [4.78, 5) is 0.925. The van der Waals surface area contributed by atoms with E-state index in [1.807, 2.05) is 4.52 Å². The summed E-state index contributed by atoms with van der Waals surface area (Å²) in [5.41, 5.74) is 6.39. The molecule has 2 aromatic heterocycles. The van der Waals surface area contributed by atoms with Crippen molar-refractivity contribution in [2.24, 2.45) is 5.73 Å². The van der Waals surface area contributed by atoms with Crippen molar-refractivity contribution in [2.75, 3.05) is 0 Å². The van der Waals surface area contributed by atoms with E-state index in [4.69, 9.17) is 5.73 Å². The van der Waals surface area contributed by atoms with Gasteiger partial charge in [-0.1, -0.05) is 24.2 Å². The third-order valence-electron chi connectivity index (χ3n) is 4.10. The Morgan fingerprint density at radius 3 is 2.78 bits per heavy atom. The Balaban J connectivity index is 1.64. The molecule has 2 fully saturated rings. The minimum absolute atomic E-state index is 0.0248. The summed E-state index contributed by atoms with van der Waals surface area (Å²) in [5.74, 6) is 1.64. The Kier molecular flexibility index (Phi) is 2.26. The molecule has 96 valence electrons. The zero-order valence-electron chi connectivity index (χ0n) is 10.3. The van der Waals surface area contributed by atoms with Crippen LogP contribution in [0, 0.1) is 0 Å². The number of aromatic nitrogens is 4. The molecule has 0 amide bonds. The number of nitrogens with two attached hydrogens (primary N) is 1. The van der Waals surface area contributed by atoms with Gasteiger partial charge in [0, 0.05) is 17.9 Å². The summed E-state index contributed by atoms with van der Waals surface area (Å²) in [5, 5.41) is 14.3. The summed E-state index contributed by atoms with van der Waals surface area (Å²) >= 11 is 1.65. The maximum absolute atomic E-state index is 6.41. The highest BCUT2D eigenvalue weighted by molar-refractivity contribution is 7.16. The minimum Gasteiger partial charge on any atom is -0.325 e. The van der Waals surface area contributed by atoms with Gasteiger partial charge in [0.15, 0.2) is 5.82 Å². The number of hydrogen-bond acceptors (Lipinski definition) is 5. The molecule has 0 atom stereocenters. The van der Waals surface area contributed by atoms with Crippen LogP contribution in [-0.2, 0) is 6.42 Å². The fourth-order valence-corrected chi connectivity index (χ4v) is 3.89. The molecule has 18 heavy (non-hydrogen) atoms. The molecule has 0 unspecified atom stereocenters. The molecule has 2 aliphatic rings. The van der Waals surface area contributed by atoms with Crippen LogP contribution in [0.3, 0.4) is 0 Å². The summed E-state index contributed by atoms with van der Waals surface area (Å²) in [6.07, 6.45) is 8.13. The maximum Gasteiger partial charge on any atom is 0.234 e. The molecule has 0 saturated heterocycles. The number of rotatable bonds is 3. The smallest absolute Gasteiger partial charge is 0.234 e. The molecular formula is C12H17N5S. The lowest BCUT2D eigenvalue weighted by atomic mass is 9.95. The Morgan fingerprint density at radius 1 is 1.28 bits per heavy atom.